The van der Waals surface area contributed by atoms with Crippen molar-refractivity contribution in [1.29, 1.82) is 0 Å². The van der Waals surface area contributed by atoms with Gasteiger partial charge in [0.2, 0.25) is 10.0 Å². The maximum atomic E-state index is 12.2. The number of halogens is 1. The van der Waals surface area contributed by atoms with Crippen molar-refractivity contribution in [2.24, 2.45) is 5.84 Å². The first-order valence-corrected chi connectivity index (χ1v) is 8.03. The molecule has 0 atom stereocenters. The fourth-order valence-electron chi connectivity index (χ4n) is 2.18. The molecule has 106 valence electrons. The van der Waals surface area contributed by atoms with Gasteiger partial charge in [0.1, 0.15) is 4.90 Å². The molecule has 19 heavy (non-hydrogen) atoms. The van der Waals surface area contributed by atoms with Crippen molar-refractivity contribution in [3.8, 4) is 0 Å². The molecule has 0 aliphatic heterocycles. The Balaban J connectivity index is 2.16. The molecule has 1 aromatic heterocycles. The molecule has 1 saturated carbocycles. The number of hydrogen-bond donors (Lipinski definition) is 3. The molecule has 6 nitrogen and oxygen atoms in total. The summed E-state index contributed by atoms with van der Waals surface area (Å²) in [5.41, 5.74) is 2.30. The second kappa shape index (κ2) is 6.04. The lowest BCUT2D eigenvalue weighted by molar-refractivity contribution is 0.412. The number of nitrogens with one attached hydrogen (secondary N) is 2. The monoisotopic (exact) mass is 304 g/mol. The van der Waals surface area contributed by atoms with Crippen LogP contribution in [0.4, 0.5) is 5.82 Å². The van der Waals surface area contributed by atoms with Crippen molar-refractivity contribution < 1.29 is 8.42 Å². The fraction of sp³-hybridized carbons (Fsp3) is 0.545. The number of sulfonamides is 1. The van der Waals surface area contributed by atoms with Crippen LogP contribution < -0.4 is 16.0 Å². The number of pyridine rings is 1. The lowest BCUT2D eigenvalue weighted by Crippen LogP contribution is -2.36. The van der Waals surface area contributed by atoms with Crippen LogP contribution in [0.25, 0.3) is 0 Å². The third-order valence-electron chi connectivity index (χ3n) is 3.19. The van der Waals surface area contributed by atoms with Gasteiger partial charge in [-0.15, -0.1) is 0 Å². The van der Waals surface area contributed by atoms with Gasteiger partial charge in [-0.05, 0) is 18.9 Å². The minimum atomic E-state index is -3.57. The molecule has 0 aromatic carbocycles. The van der Waals surface area contributed by atoms with Gasteiger partial charge in [-0.1, -0.05) is 30.9 Å². The van der Waals surface area contributed by atoms with Gasteiger partial charge in [0, 0.05) is 12.2 Å². The molecule has 0 unspecified atom stereocenters. The van der Waals surface area contributed by atoms with E-state index < -0.39 is 10.0 Å². The lowest BCUT2D eigenvalue weighted by Gasteiger charge is -2.22. The van der Waals surface area contributed by atoms with Gasteiger partial charge in [0.25, 0.3) is 0 Å². The maximum absolute atomic E-state index is 12.2. The zero-order valence-corrected chi connectivity index (χ0v) is 12.0. The second-order valence-electron chi connectivity index (χ2n) is 4.60. The zero-order valence-electron chi connectivity index (χ0n) is 10.4. The van der Waals surface area contributed by atoms with Crippen LogP contribution in [0.15, 0.2) is 17.2 Å². The number of nitrogens with two attached hydrogens (primary N) is 1. The molecule has 0 spiro atoms. The average molecular weight is 305 g/mol. The Kier molecular flexibility index (Phi) is 4.62. The number of hydrogen-bond acceptors (Lipinski definition) is 5. The van der Waals surface area contributed by atoms with Crippen LogP contribution in [-0.4, -0.2) is 19.4 Å². The SMILES string of the molecule is NNc1ncc(S(=O)(=O)NC2CCCCC2)cc1Cl. The van der Waals surface area contributed by atoms with Crippen LogP contribution in [0.3, 0.4) is 0 Å². The molecule has 0 amide bonds. The normalized spacial score (nSPS) is 17.4. The molecule has 2 rings (SSSR count). The predicted molar refractivity (Wildman–Crippen MR) is 74.3 cm³/mol. The molecular formula is C11H17ClN4O2S. The quantitative estimate of drug-likeness (QED) is 0.580. The van der Waals surface area contributed by atoms with Crippen molar-refractivity contribution in [2.75, 3.05) is 5.43 Å². The largest absolute Gasteiger partial charge is 0.307 e. The molecule has 1 aliphatic rings. The first-order chi connectivity index (χ1) is 9.03. The summed E-state index contributed by atoms with van der Waals surface area (Å²) in [5, 5.41) is 0.175. The van der Waals surface area contributed by atoms with E-state index >= 15 is 0 Å². The Morgan fingerprint density at radius 1 is 1.32 bits per heavy atom. The second-order valence-corrected chi connectivity index (χ2v) is 6.72. The molecule has 1 heterocycles. The van der Waals surface area contributed by atoms with E-state index in [-0.39, 0.29) is 21.8 Å². The van der Waals surface area contributed by atoms with E-state index in [0.717, 1.165) is 25.7 Å². The summed E-state index contributed by atoms with van der Waals surface area (Å²) >= 11 is 5.88. The van der Waals surface area contributed by atoms with Crippen LogP contribution in [0.2, 0.25) is 5.02 Å². The minimum Gasteiger partial charge on any atom is -0.307 e. The van der Waals surface area contributed by atoms with Gasteiger partial charge in [-0.2, -0.15) is 0 Å². The van der Waals surface area contributed by atoms with Crippen molar-refractivity contribution in [1.82, 2.24) is 9.71 Å². The van der Waals surface area contributed by atoms with E-state index in [1.165, 1.54) is 18.7 Å². The molecule has 4 N–H and O–H groups in total. The van der Waals surface area contributed by atoms with E-state index in [1.807, 2.05) is 0 Å². The van der Waals surface area contributed by atoms with E-state index in [4.69, 9.17) is 17.4 Å². The highest BCUT2D eigenvalue weighted by Crippen LogP contribution is 2.23. The number of nitrogens with zero attached hydrogens (tertiary/aromatic N) is 1. The number of rotatable bonds is 4. The minimum absolute atomic E-state index is 0.00448. The van der Waals surface area contributed by atoms with E-state index in [0.29, 0.717) is 0 Å². The summed E-state index contributed by atoms with van der Waals surface area (Å²) in [7, 11) is -3.57. The zero-order chi connectivity index (χ0) is 13.9. The van der Waals surface area contributed by atoms with Crippen LogP contribution in [0.1, 0.15) is 32.1 Å². The summed E-state index contributed by atoms with van der Waals surface area (Å²) in [4.78, 5) is 3.93. The Hall–Kier alpha value is -0.890. The highest BCUT2D eigenvalue weighted by atomic mass is 35.5. The molecular weight excluding hydrogens is 288 g/mol. The first-order valence-electron chi connectivity index (χ1n) is 6.17. The van der Waals surface area contributed by atoms with Crippen LogP contribution in [0.5, 0.6) is 0 Å². The first kappa shape index (κ1) is 14.5. The lowest BCUT2D eigenvalue weighted by atomic mass is 9.96. The molecule has 1 aromatic rings. The summed E-state index contributed by atoms with van der Waals surface area (Å²) in [6.07, 6.45) is 6.28. The standard InChI is InChI=1S/C11H17ClN4O2S/c12-10-6-9(7-14-11(10)15-13)19(17,18)16-8-4-2-1-3-5-8/h6-8,16H,1-5,13H2,(H,14,15). The Morgan fingerprint density at radius 3 is 2.58 bits per heavy atom. The fourth-order valence-corrected chi connectivity index (χ4v) is 3.74. The molecule has 8 heteroatoms. The highest BCUT2D eigenvalue weighted by Gasteiger charge is 2.22. The van der Waals surface area contributed by atoms with Gasteiger partial charge in [0.05, 0.1) is 5.02 Å². The van der Waals surface area contributed by atoms with Crippen LogP contribution >= 0.6 is 11.6 Å². The maximum Gasteiger partial charge on any atom is 0.242 e. The predicted octanol–water partition coefficient (Wildman–Crippen LogP) is 1.63. The summed E-state index contributed by atoms with van der Waals surface area (Å²) in [6.45, 7) is 0. The molecule has 0 bridgehead atoms. The smallest absolute Gasteiger partial charge is 0.242 e. The summed E-state index contributed by atoms with van der Waals surface area (Å²) < 4.78 is 27.1. The average Bonchev–Trinajstić information content (AvgIpc) is 2.39. The van der Waals surface area contributed by atoms with Crippen LogP contribution in [0, 0.1) is 0 Å². The Morgan fingerprint density at radius 2 is 2.00 bits per heavy atom. The summed E-state index contributed by atoms with van der Waals surface area (Å²) in [6, 6.07) is 1.35. The number of nitrogen functional groups attached to an aromatic ring is 1. The molecule has 1 fully saturated rings. The third-order valence-corrected chi connectivity index (χ3v) is 4.97. The van der Waals surface area contributed by atoms with E-state index in [9.17, 15) is 8.42 Å². The van der Waals surface area contributed by atoms with Crippen LogP contribution in [-0.2, 0) is 10.0 Å². The number of aromatic nitrogens is 1. The number of anilines is 1. The van der Waals surface area contributed by atoms with Crippen molar-refractivity contribution in [2.45, 2.75) is 43.0 Å². The summed E-state index contributed by atoms with van der Waals surface area (Å²) in [5.74, 6) is 5.45. The molecule has 0 saturated heterocycles. The van der Waals surface area contributed by atoms with Crippen molar-refractivity contribution in [3.63, 3.8) is 0 Å². The Bertz CT molecular complexity index is 544. The Labute approximate surface area is 117 Å². The molecule has 1 aliphatic carbocycles. The van der Waals surface area contributed by atoms with E-state index in [1.54, 1.807) is 0 Å². The van der Waals surface area contributed by atoms with Crippen molar-refractivity contribution >= 4 is 27.4 Å². The topological polar surface area (TPSA) is 97.1 Å². The highest BCUT2D eigenvalue weighted by molar-refractivity contribution is 7.89. The van der Waals surface area contributed by atoms with Gasteiger partial charge in [-0.25, -0.2) is 24.0 Å². The van der Waals surface area contributed by atoms with Crippen molar-refractivity contribution in [3.05, 3.63) is 17.3 Å². The van der Waals surface area contributed by atoms with Gasteiger partial charge < -0.3 is 5.43 Å². The van der Waals surface area contributed by atoms with E-state index in [2.05, 4.69) is 15.1 Å². The van der Waals surface area contributed by atoms with Gasteiger partial charge in [0.15, 0.2) is 5.82 Å². The van der Waals surface area contributed by atoms with Gasteiger partial charge in [-0.3, -0.25) is 0 Å². The molecule has 0 radical (unpaired) electrons. The number of hydrazine groups is 1. The van der Waals surface area contributed by atoms with Gasteiger partial charge >= 0.3 is 0 Å². The third kappa shape index (κ3) is 3.56.